The molecule has 0 bridgehead atoms. The highest BCUT2D eigenvalue weighted by molar-refractivity contribution is 6.06. The number of nitrogens with zero attached hydrogens (tertiary/aromatic N) is 4. The normalized spacial score (nSPS) is 26.6. The van der Waals surface area contributed by atoms with Gasteiger partial charge in [0.15, 0.2) is 0 Å². The predicted molar refractivity (Wildman–Crippen MR) is 105 cm³/mol. The van der Waals surface area contributed by atoms with Gasteiger partial charge in [-0.05, 0) is 24.1 Å². The van der Waals surface area contributed by atoms with Gasteiger partial charge in [0.05, 0.1) is 24.4 Å². The zero-order valence-corrected chi connectivity index (χ0v) is 16.1. The molecule has 1 spiro atoms. The van der Waals surface area contributed by atoms with Crippen molar-refractivity contribution in [2.45, 2.75) is 37.2 Å². The minimum absolute atomic E-state index is 0.144. The van der Waals surface area contributed by atoms with E-state index in [0.29, 0.717) is 32.6 Å². The Labute approximate surface area is 169 Å². The molecule has 3 saturated heterocycles. The van der Waals surface area contributed by atoms with Crippen LogP contribution < -0.4 is 0 Å². The smallest absolute Gasteiger partial charge is 0.252 e. The summed E-state index contributed by atoms with van der Waals surface area (Å²) >= 11 is 0. The third-order valence-electron chi connectivity index (χ3n) is 6.29. The Morgan fingerprint density at radius 2 is 1.79 bits per heavy atom. The summed E-state index contributed by atoms with van der Waals surface area (Å²) in [6, 6.07) is 15.0. The number of rotatable bonds is 4. The number of fused-ring (bicyclic) bond motifs is 2. The number of hydrogen-bond donors (Lipinski definition) is 1. The molecule has 5 rings (SSSR count). The first-order chi connectivity index (χ1) is 14.1. The van der Waals surface area contributed by atoms with Crippen LogP contribution in [-0.4, -0.2) is 73.9 Å². The average Bonchev–Trinajstić information content (AvgIpc) is 3.10. The van der Waals surface area contributed by atoms with E-state index in [1.165, 1.54) is 4.90 Å². The van der Waals surface area contributed by atoms with Crippen LogP contribution in [0.3, 0.4) is 0 Å². The first-order valence-corrected chi connectivity index (χ1v) is 10.0. The van der Waals surface area contributed by atoms with Crippen LogP contribution in [-0.2, 0) is 22.7 Å². The van der Waals surface area contributed by atoms with Gasteiger partial charge in [-0.15, -0.1) is 0 Å². The largest absolute Gasteiger partial charge is 0.392 e. The van der Waals surface area contributed by atoms with E-state index in [1.807, 2.05) is 53.4 Å². The number of carbonyl (C=O) groups excluding carboxylic acids is 2. The molecule has 3 aliphatic rings. The van der Waals surface area contributed by atoms with E-state index < -0.39 is 17.7 Å². The number of likely N-dealkylation sites (tertiary alicyclic amines) is 1. The van der Waals surface area contributed by atoms with Crippen LogP contribution in [0.1, 0.15) is 17.7 Å². The number of pyridine rings is 1. The first kappa shape index (κ1) is 18.4. The second-order valence-corrected chi connectivity index (χ2v) is 8.27. The van der Waals surface area contributed by atoms with Gasteiger partial charge in [-0.2, -0.15) is 0 Å². The Hall–Kier alpha value is -2.61. The van der Waals surface area contributed by atoms with Crippen LogP contribution in [0.5, 0.6) is 0 Å². The maximum Gasteiger partial charge on any atom is 0.252 e. The van der Waals surface area contributed by atoms with Crippen molar-refractivity contribution in [2.24, 2.45) is 0 Å². The van der Waals surface area contributed by atoms with Gasteiger partial charge < -0.3 is 5.11 Å². The van der Waals surface area contributed by atoms with Crippen LogP contribution in [0.2, 0.25) is 0 Å². The lowest BCUT2D eigenvalue weighted by molar-refractivity contribution is -0.181. The molecule has 2 aromatic rings. The number of aliphatic hydroxyl groups is 1. The van der Waals surface area contributed by atoms with Crippen molar-refractivity contribution in [3.8, 4) is 0 Å². The summed E-state index contributed by atoms with van der Waals surface area (Å²) in [5.41, 5.74) is 1.15. The van der Waals surface area contributed by atoms with Crippen LogP contribution in [0.15, 0.2) is 54.7 Å². The fourth-order valence-corrected chi connectivity index (χ4v) is 4.93. The topological polar surface area (TPSA) is 77.0 Å². The first-order valence-electron chi connectivity index (χ1n) is 10.0. The molecule has 2 amide bonds. The molecule has 4 heterocycles. The fourth-order valence-electron chi connectivity index (χ4n) is 4.93. The zero-order valence-electron chi connectivity index (χ0n) is 16.1. The number of benzene rings is 1. The maximum atomic E-state index is 13.5. The summed E-state index contributed by atoms with van der Waals surface area (Å²) in [7, 11) is 0. The van der Waals surface area contributed by atoms with Crippen molar-refractivity contribution < 1.29 is 14.7 Å². The molecule has 1 aromatic heterocycles. The Kier molecular flexibility index (Phi) is 4.46. The number of β-amino-alcohol motifs (C(OH)–C–C–N with tert-alkyl or cyclic N) is 1. The second kappa shape index (κ2) is 7.02. The summed E-state index contributed by atoms with van der Waals surface area (Å²) in [6.07, 6.45) is 1.58. The summed E-state index contributed by atoms with van der Waals surface area (Å²) in [5, 5.41) is 10.2. The Balaban J connectivity index is 1.40. The third-order valence-corrected chi connectivity index (χ3v) is 6.29. The highest BCUT2D eigenvalue weighted by Crippen LogP contribution is 2.41. The van der Waals surface area contributed by atoms with Crippen LogP contribution in [0.4, 0.5) is 0 Å². The van der Waals surface area contributed by atoms with E-state index >= 15 is 0 Å². The standard InChI is InChI=1S/C22H24N4O3/c27-18-10-19-20(28)25(11-16-6-2-1-3-7-16)21(29)22(26(19)13-18)14-24(15-22)12-17-8-4-5-9-23-17/h1-9,18-19,27H,10-15H2/t18-,19+/m1/s1. The highest BCUT2D eigenvalue weighted by atomic mass is 16.3. The van der Waals surface area contributed by atoms with E-state index in [0.717, 1.165) is 11.3 Å². The molecule has 0 saturated carbocycles. The average molecular weight is 392 g/mol. The minimum Gasteiger partial charge on any atom is -0.392 e. The highest BCUT2D eigenvalue weighted by Gasteiger charge is 2.64. The van der Waals surface area contributed by atoms with Crippen molar-refractivity contribution >= 4 is 11.8 Å². The summed E-state index contributed by atoms with van der Waals surface area (Å²) in [4.78, 5) is 36.5. The summed E-state index contributed by atoms with van der Waals surface area (Å²) in [5.74, 6) is -0.335. The molecule has 29 heavy (non-hydrogen) atoms. The molecule has 1 N–H and O–H groups in total. The van der Waals surface area contributed by atoms with E-state index in [-0.39, 0.29) is 18.4 Å². The van der Waals surface area contributed by atoms with Crippen LogP contribution >= 0.6 is 0 Å². The molecular formula is C22H24N4O3. The number of aromatic nitrogens is 1. The number of amides is 2. The second-order valence-electron chi connectivity index (χ2n) is 8.27. The van der Waals surface area contributed by atoms with Gasteiger partial charge in [0, 0.05) is 32.4 Å². The van der Waals surface area contributed by atoms with Crippen LogP contribution in [0, 0.1) is 0 Å². The van der Waals surface area contributed by atoms with E-state index in [4.69, 9.17) is 0 Å². The van der Waals surface area contributed by atoms with Crippen molar-refractivity contribution in [1.82, 2.24) is 19.7 Å². The van der Waals surface area contributed by atoms with Gasteiger partial charge >= 0.3 is 0 Å². The van der Waals surface area contributed by atoms with Crippen molar-refractivity contribution in [2.75, 3.05) is 19.6 Å². The van der Waals surface area contributed by atoms with Gasteiger partial charge in [-0.1, -0.05) is 36.4 Å². The lowest BCUT2D eigenvalue weighted by Gasteiger charge is -2.58. The van der Waals surface area contributed by atoms with Crippen molar-refractivity contribution in [3.63, 3.8) is 0 Å². The SMILES string of the molecule is O=C1[C@@H]2C[C@@H](O)CN2C2(CN(Cc3ccccn3)C2)C(=O)N1Cc1ccccc1. The molecule has 3 aliphatic heterocycles. The molecule has 7 nitrogen and oxygen atoms in total. The van der Waals surface area contributed by atoms with Crippen molar-refractivity contribution in [1.29, 1.82) is 0 Å². The Bertz CT molecular complexity index is 914. The van der Waals surface area contributed by atoms with Crippen LogP contribution in [0.25, 0.3) is 0 Å². The fraction of sp³-hybridized carbons (Fsp3) is 0.409. The molecule has 2 atom stereocenters. The van der Waals surface area contributed by atoms with Gasteiger partial charge in [-0.3, -0.25) is 29.3 Å². The van der Waals surface area contributed by atoms with E-state index in [1.54, 1.807) is 6.20 Å². The molecule has 0 unspecified atom stereocenters. The lowest BCUT2D eigenvalue weighted by Crippen LogP contribution is -2.81. The summed E-state index contributed by atoms with van der Waals surface area (Å²) < 4.78 is 0. The predicted octanol–water partition coefficient (Wildman–Crippen LogP) is 0.640. The molecule has 7 heteroatoms. The quantitative estimate of drug-likeness (QED) is 0.770. The van der Waals surface area contributed by atoms with Crippen molar-refractivity contribution in [3.05, 3.63) is 66.0 Å². The number of imide groups is 1. The lowest BCUT2D eigenvalue weighted by atomic mass is 9.82. The number of aliphatic hydroxyl groups excluding tert-OH is 1. The Morgan fingerprint density at radius 3 is 2.52 bits per heavy atom. The van der Waals surface area contributed by atoms with E-state index in [9.17, 15) is 14.7 Å². The van der Waals surface area contributed by atoms with Gasteiger partial charge in [0.1, 0.15) is 5.54 Å². The monoisotopic (exact) mass is 392 g/mol. The number of carbonyl (C=O) groups is 2. The number of piperazine rings is 1. The maximum absolute atomic E-state index is 13.5. The van der Waals surface area contributed by atoms with Gasteiger partial charge in [-0.25, -0.2) is 0 Å². The number of hydrogen-bond acceptors (Lipinski definition) is 6. The minimum atomic E-state index is -0.736. The molecular weight excluding hydrogens is 368 g/mol. The van der Waals surface area contributed by atoms with Gasteiger partial charge in [0.25, 0.3) is 5.91 Å². The molecule has 0 aliphatic carbocycles. The van der Waals surface area contributed by atoms with E-state index in [2.05, 4.69) is 9.88 Å². The Morgan fingerprint density at radius 1 is 1.03 bits per heavy atom. The summed E-state index contributed by atoms with van der Waals surface area (Å²) in [6.45, 7) is 2.41. The third kappa shape index (κ3) is 3.06. The molecule has 0 radical (unpaired) electrons. The molecule has 150 valence electrons. The molecule has 3 fully saturated rings. The zero-order chi connectivity index (χ0) is 20.0. The molecule has 1 aromatic carbocycles. The van der Waals surface area contributed by atoms with Gasteiger partial charge in [0.2, 0.25) is 5.91 Å².